The van der Waals surface area contributed by atoms with Gasteiger partial charge in [-0.3, -0.25) is 53.1 Å². The normalized spacial score (nSPS) is 14.4. The summed E-state index contributed by atoms with van der Waals surface area (Å²) in [5.41, 5.74) is 29.1. The molecule has 32 heteroatoms. The predicted molar refractivity (Wildman–Crippen MR) is 319 cm³/mol. The molecular weight excluding hydrogens is 1160 g/mol. The van der Waals surface area contributed by atoms with Crippen LogP contribution in [0, 0.1) is 0 Å². The minimum atomic E-state index is -2.05. The molecule has 0 bridgehead atoms. The van der Waals surface area contributed by atoms with E-state index in [0.29, 0.717) is 28.9 Å². The zero-order valence-electron chi connectivity index (χ0n) is 47.9. The quantitative estimate of drug-likeness (QED) is 0.0145. The molecule has 31 nitrogen and oxygen atoms in total. The zero-order valence-corrected chi connectivity index (χ0v) is 48.7. The Labute approximate surface area is 504 Å². The number of hydrogen-bond donors (Lipinski definition) is 19. The number of guanidine groups is 2. The van der Waals surface area contributed by atoms with Crippen molar-refractivity contribution < 1.29 is 78.6 Å². The first kappa shape index (κ1) is 72.0. The van der Waals surface area contributed by atoms with Gasteiger partial charge in [-0.1, -0.05) is 54.6 Å². The van der Waals surface area contributed by atoms with E-state index in [1.54, 1.807) is 36.6 Å². The van der Waals surface area contributed by atoms with Crippen LogP contribution in [0.3, 0.4) is 0 Å². The van der Waals surface area contributed by atoms with Gasteiger partial charge in [0.15, 0.2) is 11.9 Å². The summed E-state index contributed by atoms with van der Waals surface area (Å²) in [7, 11) is 0. The maximum Gasteiger partial charge on any atom is 0.326 e. The van der Waals surface area contributed by atoms with Crippen molar-refractivity contribution in [1.29, 1.82) is 0 Å². The van der Waals surface area contributed by atoms with E-state index in [1.807, 2.05) is 0 Å². The van der Waals surface area contributed by atoms with Gasteiger partial charge in [-0.15, -0.1) is 0 Å². The minimum absolute atomic E-state index is 0.0222. The van der Waals surface area contributed by atoms with E-state index >= 15 is 0 Å². The van der Waals surface area contributed by atoms with E-state index in [2.05, 4.69) is 52.5 Å². The third-order valence-electron chi connectivity index (χ3n) is 12.9. The Hall–Kier alpha value is -9.27. The minimum Gasteiger partial charge on any atom is -0.508 e. The lowest BCUT2D eigenvalue weighted by Crippen LogP contribution is -2.62. The van der Waals surface area contributed by atoms with E-state index < -0.39 is 133 Å². The van der Waals surface area contributed by atoms with Crippen LogP contribution in [0.1, 0.15) is 62.1 Å². The average Bonchev–Trinajstić information content (AvgIpc) is 3.54. The van der Waals surface area contributed by atoms with Gasteiger partial charge in [0, 0.05) is 32.4 Å². The van der Waals surface area contributed by atoms with Gasteiger partial charge in [0.05, 0.1) is 25.2 Å². The summed E-state index contributed by atoms with van der Waals surface area (Å²) in [5.74, 6) is -12.0. The number of phenols is 2. The Morgan fingerprint density at radius 1 is 0.494 bits per heavy atom. The van der Waals surface area contributed by atoms with Crippen molar-refractivity contribution in [3.8, 4) is 11.5 Å². The van der Waals surface area contributed by atoms with Gasteiger partial charge in [0.2, 0.25) is 47.3 Å². The molecule has 0 aliphatic rings. The summed E-state index contributed by atoms with van der Waals surface area (Å²) in [5, 5.41) is 79.8. The second-order valence-corrected chi connectivity index (χ2v) is 21.0. The van der Waals surface area contributed by atoms with Crippen molar-refractivity contribution in [3.05, 3.63) is 95.6 Å². The summed E-state index contributed by atoms with van der Waals surface area (Å²) in [6.45, 7) is 0.0900. The molecule has 0 aliphatic carbocycles. The molecule has 0 saturated heterocycles. The maximum atomic E-state index is 14.5. The fourth-order valence-electron chi connectivity index (χ4n) is 8.27. The Bertz CT molecular complexity index is 2840. The van der Waals surface area contributed by atoms with Crippen LogP contribution in [0.25, 0.3) is 0 Å². The van der Waals surface area contributed by atoms with Crippen molar-refractivity contribution in [3.63, 3.8) is 0 Å². The van der Waals surface area contributed by atoms with E-state index in [0.717, 1.165) is 6.92 Å². The van der Waals surface area contributed by atoms with Crippen molar-refractivity contribution in [2.24, 2.45) is 38.7 Å². The summed E-state index contributed by atoms with van der Waals surface area (Å²) in [6, 6.07) is 4.47. The first-order valence-corrected chi connectivity index (χ1v) is 28.7. The van der Waals surface area contributed by atoms with Crippen molar-refractivity contribution in [2.75, 3.05) is 31.7 Å². The monoisotopic (exact) mass is 1240 g/mol. The number of carboxylic acid groups (broad SMARTS) is 2. The summed E-state index contributed by atoms with van der Waals surface area (Å²) in [4.78, 5) is 144. The van der Waals surface area contributed by atoms with Gasteiger partial charge in [0.1, 0.15) is 59.8 Å². The number of phenolic OH excluding ortho intramolecular Hbond substituents is 2. The van der Waals surface area contributed by atoms with Crippen LogP contribution in [-0.4, -0.2) is 194 Å². The Kier molecular flexibility index (Phi) is 30.8. The maximum absolute atomic E-state index is 14.5. The number of carbonyl (C=O) groups excluding carboxylic acids is 8. The third-order valence-corrected chi connectivity index (χ3v) is 13.6. The highest BCUT2D eigenvalue weighted by molar-refractivity contribution is 7.98. The average molecular weight is 1240 g/mol. The Morgan fingerprint density at radius 2 is 0.885 bits per heavy atom. The molecule has 8 amide bonds. The van der Waals surface area contributed by atoms with Gasteiger partial charge in [-0.05, 0) is 92.0 Å². The lowest BCUT2D eigenvalue weighted by atomic mass is 10.0. The highest BCUT2D eigenvalue weighted by Crippen LogP contribution is 2.15. The number of aliphatic hydroxyl groups is 2. The van der Waals surface area contributed by atoms with Crippen molar-refractivity contribution in [1.82, 2.24) is 42.5 Å². The molecule has 0 radical (unpaired) electrons. The second-order valence-electron chi connectivity index (χ2n) is 20.0. The smallest absolute Gasteiger partial charge is 0.326 e. The number of nitrogens with two attached hydrogens (primary N) is 5. The molecule has 10 atom stereocenters. The molecular formula is C55H79N15O16S. The molecule has 87 heavy (non-hydrogen) atoms. The molecule has 3 rings (SSSR count). The molecule has 3 aromatic carbocycles. The Balaban J connectivity index is 1.93. The van der Waals surface area contributed by atoms with Crippen molar-refractivity contribution >= 4 is 82.9 Å². The molecule has 3 aromatic rings. The number of carboxylic acids is 2. The number of nitrogens with one attached hydrogen (secondary N) is 8. The third kappa shape index (κ3) is 26.7. The number of aliphatic hydroxyl groups excluding tert-OH is 2. The molecule has 0 heterocycles. The fourth-order valence-corrected chi connectivity index (χ4v) is 8.74. The zero-order chi connectivity index (χ0) is 64.8. The number of amides is 8. The molecule has 24 N–H and O–H groups in total. The standard InChI is InChI=1S/C55H79N15O16S/c1-29(72)44(52(84)67-39(24-30-8-4-3-5-9-30)49(81)69-42(28-71)51(83)68-41(53(85)86)26-32-14-18-34(74)19-15-32)70-50(82)40(27-43(75)76)66-46(78)36(11-7-22-62-55(59)60)64-48(80)38(25-31-12-16-33(73)17-13-31)65-47(79)37(20-23-87-2)63-45(77)35(56)10-6-21-61-54(57)58/h3-5,8-9,12-19,29,35-42,44,71-74H,6-7,10-11,20-28,56H2,1-2H3,(H,63,77)(H,64,80)(H,65,79)(H,66,78)(H,67,84)(H,68,83)(H,69,81)(H,70,82)(H,75,76)(H,85,86)(H4,57,58,61)(H4,59,60,62)/t29-,35+,36+,37+,38+,39+,40+,41+,42+,44+/m1/s1. The second kappa shape index (κ2) is 37.2. The molecule has 0 fully saturated rings. The summed E-state index contributed by atoms with van der Waals surface area (Å²) < 4.78 is 0. The molecule has 0 spiro atoms. The van der Waals surface area contributed by atoms with Gasteiger partial charge in [0.25, 0.3) is 0 Å². The van der Waals surface area contributed by atoms with Gasteiger partial charge < -0.3 is 102 Å². The van der Waals surface area contributed by atoms with Crippen molar-refractivity contribution in [2.45, 2.75) is 125 Å². The van der Waals surface area contributed by atoms with Crippen LogP contribution in [0.5, 0.6) is 11.5 Å². The van der Waals surface area contributed by atoms with Gasteiger partial charge >= 0.3 is 11.9 Å². The largest absolute Gasteiger partial charge is 0.508 e. The number of nitrogens with zero attached hydrogens (tertiary/aromatic N) is 2. The van der Waals surface area contributed by atoms with Crippen LogP contribution in [-0.2, 0) is 67.2 Å². The summed E-state index contributed by atoms with van der Waals surface area (Å²) in [6.07, 6.45) is -1.78. The predicted octanol–water partition coefficient (Wildman–Crippen LogP) is -4.88. The summed E-state index contributed by atoms with van der Waals surface area (Å²) >= 11 is 1.36. The van der Waals surface area contributed by atoms with Crippen LogP contribution in [0.15, 0.2) is 88.8 Å². The lowest BCUT2D eigenvalue weighted by Gasteiger charge is -2.28. The number of rotatable bonds is 38. The van der Waals surface area contributed by atoms with Crippen LogP contribution in [0.2, 0.25) is 0 Å². The highest BCUT2D eigenvalue weighted by atomic mass is 32.2. The van der Waals surface area contributed by atoms with Crippen LogP contribution >= 0.6 is 11.8 Å². The number of aliphatic carboxylic acids is 2. The Morgan fingerprint density at radius 3 is 1.36 bits per heavy atom. The molecule has 0 unspecified atom stereocenters. The molecule has 0 saturated carbocycles. The van der Waals surface area contributed by atoms with Crippen LogP contribution in [0.4, 0.5) is 0 Å². The first-order chi connectivity index (χ1) is 41.2. The fraction of sp³-hybridized carbons (Fsp3) is 0.455. The van der Waals surface area contributed by atoms with E-state index in [1.165, 1.54) is 60.3 Å². The molecule has 0 aromatic heterocycles. The van der Waals surface area contributed by atoms with Crippen LogP contribution < -0.4 is 71.2 Å². The number of benzene rings is 3. The number of aliphatic imine (C=N–C) groups is 2. The number of aromatic hydroxyl groups is 2. The van der Waals surface area contributed by atoms with E-state index in [-0.39, 0.29) is 81.5 Å². The van der Waals surface area contributed by atoms with E-state index in [9.17, 15) is 78.6 Å². The highest BCUT2D eigenvalue weighted by Gasteiger charge is 2.37. The number of carbonyl (C=O) groups is 10. The molecule has 476 valence electrons. The number of hydrogen-bond acceptors (Lipinski definition) is 18. The SMILES string of the molecule is CSCC[C@H](NC(=O)[C@@H](N)CCCN=C(N)N)C(=O)N[C@@H](Cc1ccc(O)cc1)C(=O)N[C@@H](CCCN=C(N)N)C(=O)N[C@@H](CC(=O)O)C(=O)N[C@H](C(=O)N[C@@H](Cc1ccccc1)C(=O)N[C@@H](CO)C(=O)N[C@@H](Cc1ccc(O)cc1)C(=O)O)[C@@H](C)O. The van der Waals surface area contributed by atoms with Gasteiger partial charge in [-0.25, -0.2) is 4.79 Å². The first-order valence-electron chi connectivity index (χ1n) is 27.3. The topological polar surface area (TPSA) is 543 Å². The lowest BCUT2D eigenvalue weighted by molar-refractivity contribution is -0.143. The molecule has 0 aliphatic heterocycles. The van der Waals surface area contributed by atoms with Gasteiger partial charge in [-0.2, -0.15) is 11.8 Å². The van der Waals surface area contributed by atoms with E-state index in [4.69, 9.17) is 28.7 Å². The number of thioether (sulfide) groups is 1.